The fourth-order valence-corrected chi connectivity index (χ4v) is 0.727. The molecule has 0 rings (SSSR count). The highest BCUT2D eigenvalue weighted by atomic mass is 19.4. The van der Waals surface area contributed by atoms with Gasteiger partial charge in [-0.1, -0.05) is 0 Å². The van der Waals surface area contributed by atoms with Crippen molar-refractivity contribution in [3.63, 3.8) is 0 Å². The average Bonchev–Trinajstić information content (AvgIpc) is 1.98. The van der Waals surface area contributed by atoms with E-state index in [-0.39, 0.29) is 0 Å². The summed E-state index contributed by atoms with van der Waals surface area (Å²) < 4.78 is 108. The number of carbonyl (C=O) groups is 1. The second kappa shape index (κ2) is 3.95. The summed E-state index contributed by atoms with van der Waals surface area (Å²) in [4.78, 5) is 9.64. The van der Waals surface area contributed by atoms with Gasteiger partial charge in [-0.15, -0.1) is 0 Å². The SMILES string of the molecule is O=C(O)C(F)(F)C(F)(F)C(F)(F)CC(F)(F)F. The van der Waals surface area contributed by atoms with Gasteiger partial charge in [-0.2, -0.15) is 39.5 Å². The van der Waals surface area contributed by atoms with E-state index in [2.05, 4.69) is 0 Å². The Morgan fingerprint density at radius 1 is 0.882 bits per heavy atom. The van der Waals surface area contributed by atoms with Crippen molar-refractivity contribution in [1.29, 1.82) is 0 Å². The smallest absolute Gasteiger partial charge is 0.410 e. The lowest BCUT2D eigenvalue weighted by atomic mass is 10.0. The van der Waals surface area contributed by atoms with Gasteiger partial charge in [0.05, 0.1) is 0 Å². The Morgan fingerprint density at radius 3 is 1.47 bits per heavy atom. The van der Waals surface area contributed by atoms with Crippen LogP contribution < -0.4 is 0 Å². The molecule has 0 saturated carbocycles. The second-order valence-corrected chi connectivity index (χ2v) is 2.95. The molecule has 0 aromatic carbocycles. The van der Waals surface area contributed by atoms with Crippen LogP contribution >= 0.6 is 0 Å². The number of aliphatic carboxylic acids is 1. The molecule has 11 heteroatoms. The molecule has 0 aromatic rings. The molecule has 0 fully saturated rings. The molecule has 0 aromatic heterocycles. The zero-order valence-corrected chi connectivity index (χ0v) is 7.46. The number of rotatable bonds is 4. The Bertz CT molecular complexity index is 305. The van der Waals surface area contributed by atoms with Crippen LogP contribution in [0.15, 0.2) is 0 Å². The molecule has 0 atom stereocenters. The van der Waals surface area contributed by atoms with Crippen molar-refractivity contribution < 1.29 is 49.4 Å². The summed E-state index contributed by atoms with van der Waals surface area (Å²) in [6, 6.07) is 0. The Hall–Kier alpha value is -1.16. The van der Waals surface area contributed by atoms with E-state index in [0.29, 0.717) is 0 Å². The number of halogens is 9. The number of carboxylic acids is 1. The van der Waals surface area contributed by atoms with Crippen LogP contribution in [0, 0.1) is 0 Å². The predicted octanol–water partition coefficient (Wildman–Crippen LogP) is 2.93. The van der Waals surface area contributed by atoms with Crippen LogP contribution in [-0.4, -0.2) is 35.0 Å². The van der Waals surface area contributed by atoms with E-state index in [9.17, 15) is 44.3 Å². The second-order valence-electron chi connectivity index (χ2n) is 2.95. The molecule has 0 bridgehead atoms. The normalized spacial score (nSPS) is 14.9. The summed E-state index contributed by atoms with van der Waals surface area (Å²) in [5, 5.41) is 7.59. The Morgan fingerprint density at radius 2 is 1.24 bits per heavy atom. The Balaban J connectivity index is 5.37. The van der Waals surface area contributed by atoms with Gasteiger partial charge >= 0.3 is 29.9 Å². The van der Waals surface area contributed by atoms with Crippen molar-refractivity contribution in [1.82, 2.24) is 0 Å². The lowest BCUT2D eigenvalue weighted by Crippen LogP contribution is -2.59. The molecule has 102 valence electrons. The van der Waals surface area contributed by atoms with Crippen LogP contribution in [0.1, 0.15) is 6.42 Å². The molecule has 0 heterocycles. The van der Waals surface area contributed by atoms with Gasteiger partial charge in [0, 0.05) is 0 Å². The first-order valence-electron chi connectivity index (χ1n) is 3.59. The maximum absolute atomic E-state index is 12.4. The highest BCUT2D eigenvalue weighted by Crippen LogP contribution is 2.49. The maximum Gasteiger partial charge on any atom is 0.410 e. The Labute approximate surface area is 87.0 Å². The van der Waals surface area contributed by atoms with E-state index < -0.39 is 36.3 Å². The maximum atomic E-state index is 12.4. The zero-order chi connectivity index (χ0) is 14.3. The fourth-order valence-electron chi connectivity index (χ4n) is 0.727. The summed E-state index contributed by atoms with van der Waals surface area (Å²) in [6.07, 6.45) is -9.42. The van der Waals surface area contributed by atoms with Gasteiger partial charge in [0.2, 0.25) is 0 Å². The first-order valence-corrected chi connectivity index (χ1v) is 3.59. The number of hydrogen-bond donors (Lipinski definition) is 1. The minimum atomic E-state index is -6.67. The van der Waals surface area contributed by atoms with Gasteiger partial charge in [0.25, 0.3) is 0 Å². The summed E-state index contributed by atoms with van der Waals surface area (Å²) in [5.41, 5.74) is 0. The minimum Gasteiger partial charge on any atom is -0.477 e. The third-order valence-electron chi connectivity index (χ3n) is 1.54. The molecule has 0 saturated heterocycles. The van der Waals surface area contributed by atoms with Crippen molar-refractivity contribution in [3.05, 3.63) is 0 Å². The van der Waals surface area contributed by atoms with E-state index in [0.717, 1.165) is 0 Å². The largest absolute Gasteiger partial charge is 0.477 e. The van der Waals surface area contributed by atoms with E-state index in [1.54, 1.807) is 0 Å². The summed E-state index contributed by atoms with van der Waals surface area (Å²) >= 11 is 0. The van der Waals surface area contributed by atoms with Crippen LogP contribution in [0.3, 0.4) is 0 Å². The fraction of sp³-hybridized carbons (Fsp3) is 0.833. The lowest BCUT2D eigenvalue weighted by Gasteiger charge is -2.30. The number of carboxylic acid groups (broad SMARTS) is 1. The molecule has 0 spiro atoms. The van der Waals surface area contributed by atoms with E-state index in [1.807, 2.05) is 0 Å². The lowest BCUT2D eigenvalue weighted by molar-refractivity contribution is -0.325. The van der Waals surface area contributed by atoms with E-state index >= 15 is 0 Å². The first kappa shape index (κ1) is 15.8. The van der Waals surface area contributed by atoms with Gasteiger partial charge in [0.1, 0.15) is 6.42 Å². The summed E-state index contributed by atoms with van der Waals surface area (Å²) in [6.45, 7) is 0. The van der Waals surface area contributed by atoms with Crippen LogP contribution in [0.25, 0.3) is 0 Å². The van der Waals surface area contributed by atoms with Crippen molar-refractivity contribution in [3.8, 4) is 0 Å². The molecule has 0 aliphatic rings. The number of alkyl halides is 9. The minimum absolute atomic E-state index is 3.56. The molecular weight excluding hydrogens is 275 g/mol. The van der Waals surface area contributed by atoms with Crippen LogP contribution in [-0.2, 0) is 4.79 Å². The first-order chi connectivity index (χ1) is 7.15. The van der Waals surface area contributed by atoms with Crippen molar-refractivity contribution >= 4 is 5.97 Å². The van der Waals surface area contributed by atoms with Gasteiger partial charge in [-0.25, -0.2) is 4.79 Å². The standard InChI is InChI=1S/C6H3F9O2/c7-3(8,1-4(9,10)11)6(14,15)5(12,13)2(16)17/h1H2,(H,16,17). The molecule has 0 radical (unpaired) electrons. The molecule has 0 aliphatic carbocycles. The third-order valence-corrected chi connectivity index (χ3v) is 1.54. The quantitative estimate of drug-likeness (QED) is 0.803. The van der Waals surface area contributed by atoms with Crippen molar-refractivity contribution in [2.75, 3.05) is 0 Å². The number of hydrogen-bond acceptors (Lipinski definition) is 1. The van der Waals surface area contributed by atoms with Crippen molar-refractivity contribution in [2.45, 2.75) is 30.4 Å². The highest BCUT2D eigenvalue weighted by Gasteiger charge is 2.76. The van der Waals surface area contributed by atoms with Gasteiger partial charge < -0.3 is 5.11 Å². The van der Waals surface area contributed by atoms with Gasteiger partial charge in [-0.3, -0.25) is 0 Å². The topological polar surface area (TPSA) is 37.3 Å². The van der Waals surface area contributed by atoms with Crippen molar-refractivity contribution in [2.24, 2.45) is 0 Å². The van der Waals surface area contributed by atoms with Gasteiger partial charge in [0.15, 0.2) is 0 Å². The molecule has 2 nitrogen and oxygen atoms in total. The highest BCUT2D eigenvalue weighted by molar-refractivity contribution is 5.77. The molecule has 1 N–H and O–H groups in total. The molecular formula is C6H3F9O2. The zero-order valence-electron chi connectivity index (χ0n) is 7.46. The summed E-state index contributed by atoms with van der Waals surface area (Å²) in [5.74, 6) is -22.9. The molecule has 0 unspecified atom stereocenters. The molecule has 0 amide bonds. The van der Waals surface area contributed by atoms with E-state index in [1.165, 1.54) is 0 Å². The summed E-state index contributed by atoms with van der Waals surface area (Å²) in [7, 11) is 0. The Kier molecular flexibility index (Phi) is 3.68. The van der Waals surface area contributed by atoms with Crippen LogP contribution in [0.4, 0.5) is 39.5 Å². The molecule has 17 heavy (non-hydrogen) atoms. The molecule has 0 aliphatic heterocycles. The predicted molar refractivity (Wildman–Crippen MR) is 33.1 cm³/mol. The average molecular weight is 278 g/mol. The third kappa shape index (κ3) is 2.94. The van der Waals surface area contributed by atoms with E-state index in [4.69, 9.17) is 5.11 Å². The monoisotopic (exact) mass is 278 g/mol. The van der Waals surface area contributed by atoms with Crippen LogP contribution in [0.2, 0.25) is 0 Å². The van der Waals surface area contributed by atoms with Gasteiger partial charge in [-0.05, 0) is 0 Å². The van der Waals surface area contributed by atoms with Crippen LogP contribution in [0.5, 0.6) is 0 Å².